The molecule has 2 aromatic carbocycles. The first kappa shape index (κ1) is 19.5. The lowest BCUT2D eigenvalue weighted by Gasteiger charge is -2.37. The number of hydrogen-bond acceptors (Lipinski definition) is 4. The summed E-state index contributed by atoms with van der Waals surface area (Å²) in [5.41, 5.74) is 3.21. The number of anilines is 1. The van der Waals surface area contributed by atoms with Gasteiger partial charge < -0.3 is 4.74 Å². The summed E-state index contributed by atoms with van der Waals surface area (Å²) in [6, 6.07) is 12.6. The van der Waals surface area contributed by atoms with E-state index in [2.05, 4.69) is 12.2 Å². The van der Waals surface area contributed by atoms with Gasteiger partial charge in [0.1, 0.15) is 5.75 Å². The molecule has 1 heterocycles. The Labute approximate surface area is 187 Å². The van der Waals surface area contributed by atoms with Gasteiger partial charge in [-0.15, -0.1) is 0 Å². The van der Waals surface area contributed by atoms with E-state index in [0.29, 0.717) is 28.8 Å². The summed E-state index contributed by atoms with van der Waals surface area (Å²) in [6.07, 6.45) is 5.47. The number of imide groups is 1. The fourth-order valence-corrected chi connectivity index (χ4v) is 6.10. The number of ketones is 1. The van der Waals surface area contributed by atoms with E-state index in [1.807, 2.05) is 26.0 Å². The molecule has 162 valence electrons. The maximum absolute atomic E-state index is 13.4. The SMILES string of the molecule is Cc1ccc(C(=O)COc2ccccc2N2C(=O)[C@@H]3[C@H]4C=C[C@H]([C@H]5C[C@H]45)[C@@H]3C2=O)cc1C. The van der Waals surface area contributed by atoms with Crippen molar-refractivity contribution in [3.63, 3.8) is 0 Å². The first-order chi connectivity index (χ1) is 15.5. The summed E-state index contributed by atoms with van der Waals surface area (Å²) in [5, 5.41) is 0. The Bertz CT molecular complexity index is 1160. The summed E-state index contributed by atoms with van der Waals surface area (Å²) in [5.74, 6) is 0.954. The van der Waals surface area contributed by atoms with Gasteiger partial charge in [0.2, 0.25) is 11.8 Å². The summed E-state index contributed by atoms with van der Waals surface area (Å²) < 4.78 is 5.87. The first-order valence-electron chi connectivity index (χ1n) is 11.3. The molecule has 2 aromatic rings. The maximum Gasteiger partial charge on any atom is 0.238 e. The standard InChI is InChI=1S/C27H25NO4/c1-14-7-8-16(11-15(14)2)22(29)13-32-23-6-4-3-5-21(23)28-26(30)24-17-9-10-18(20-12-19(17)20)25(24)27(28)31/h3-11,17-20,24-25H,12-13H2,1-2H3/t17-,18+,19-,20-,24+,25-/m1/s1. The highest BCUT2D eigenvalue weighted by atomic mass is 16.5. The molecule has 0 N–H and O–H groups in total. The lowest BCUT2D eigenvalue weighted by Crippen LogP contribution is -2.40. The van der Waals surface area contributed by atoms with Crippen LogP contribution in [0.2, 0.25) is 0 Å². The Kier molecular flexibility index (Phi) is 4.19. The molecule has 4 aliphatic carbocycles. The second-order valence-electron chi connectivity index (χ2n) is 9.65. The number of rotatable bonds is 5. The van der Waals surface area contributed by atoms with Crippen molar-refractivity contribution >= 4 is 23.3 Å². The predicted octanol–water partition coefficient (Wildman–Crippen LogP) is 4.12. The van der Waals surface area contributed by atoms with Crippen LogP contribution in [0.1, 0.15) is 27.9 Å². The Morgan fingerprint density at radius 2 is 1.59 bits per heavy atom. The van der Waals surface area contributed by atoms with E-state index in [9.17, 15) is 14.4 Å². The molecule has 32 heavy (non-hydrogen) atoms. The second kappa shape index (κ2) is 6.89. The second-order valence-corrected chi connectivity index (χ2v) is 9.65. The molecule has 3 fully saturated rings. The van der Waals surface area contributed by atoms with E-state index in [4.69, 9.17) is 4.74 Å². The van der Waals surface area contributed by atoms with Crippen LogP contribution < -0.4 is 9.64 Å². The fraction of sp³-hybridized carbons (Fsp3) is 0.370. The van der Waals surface area contributed by atoms with Crippen molar-refractivity contribution in [2.24, 2.45) is 35.5 Å². The molecule has 0 unspecified atom stereocenters. The number of carbonyl (C=O) groups excluding carboxylic acids is 3. The van der Waals surface area contributed by atoms with Crippen molar-refractivity contribution < 1.29 is 19.1 Å². The highest BCUT2D eigenvalue weighted by Gasteiger charge is 2.67. The normalized spacial score (nSPS) is 31.5. The van der Waals surface area contributed by atoms with Crippen molar-refractivity contribution in [1.29, 1.82) is 0 Å². The van der Waals surface area contributed by atoms with E-state index in [0.717, 1.165) is 17.5 Å². The van der Waals surface area contributed by atoms with Crippen LogP contribution in [0.25, 0.3) is 0 Å². The lowest BCUT2D eigenvalue weighted by atomic mass is 9.63. The van der Waals surface area contributed by atoms with Gasteiger partial charge >= 0.3 is 0 Å². The molecule has 0 aromatic heterocycles. The van der Waals surface area contributed by atoms with Gasteiger partial charge in [0.15, 0.2) is 12.4 Å². The van der Waals surface area contributed by atoms with Gasteiger partial charge in [0, 0.05) is 5.56 Å². The van der Waals surface area contributed by atoms with E-state index in [-0.39, 0.29) is 47.9 Å². The number of benzene rings is 2. The molecule has 2 amide bonds. The third-order valence-electron chi connectivity index (χ3n) is 7.96. The van der Waals surface area contributed by atoms with Crippen LogP contribution >= 0.6 is 0 Å². The van der Waals surface area contributed by atoms with Gasteiger partial charge in [0.25, 0.3) is 0 Å². The zero-order valence-corrected chi connectivity index (χ0v) is 18.2. The molecular weight excluding hydrogens is 402 g/mol. The van der Waals surface area contributed by atoms with Crippen molar-refractivity contribution in [2.45, 2.75) is 20.3 Å². The number of hydrogen-bond donors (Lipinski definition) is 0. The topological polar surface area (TPSA) is 63.7 Å². The molecule has 2 saturated carbocycles. The number of amides is 2. The number of Topliss-reactive ketones (excluding diaryl/α,β-unsaturated/α-hetero) is 1. The Balaban J connectivity index is 1.25. The Morgan fingerprint density at radius 3 is 2.25 bits per heavy atom. The monoisotopic (exact) mass is 427 g/mol. The van der Waals surface area contributed by atoms with E-state index in [1.165, 1.54) is 4.90 Å². The fourth-order valence-electron chi connectivity index (χ4n) is 6.10. The molecule has 0 spiro atoms. The first-order valence-corrected chi connectivity index (χ1v) is 11.3. The number of nitrogens with zero attached hydrogens (tertiary/aromatic N) is 1. The van der Waals surface area contributed by atoms with Gasteiger partial charge in [-0.2, -0.15) is 0 Å². The quantitative estimate of drug-likeness (QED) is 0.409. The summed E-state index contributed by atoms with van der Waals surface area (Å²) in [4.78, 5) is 40.9. The van der Waals surface area contributed by atoms with Gasteiger partial charge in [-0.3, -0.25) is 14.4 Å². The van der Waals surface area contributed by atoms with Gasteiger partial charge in [-0.05, 0) is 73.3 Å². The van der Waals surface area contributed by atoms with E-state index >= 15 is 0 Å². The minimum atomic E-state index is -0.258. The highest BCUT2D eigenvalue weighted by Crippen LogP contribution is 2.65. The molecule has 6 atom stereocenters. The molecule has 0 radical (unpaired) electrons. The average molecular weight is 428 g/mol. The average Bonchev–Trinajstić information content (AvgIpc) is 3.58. The van der Waals surface area contributed by atoms with Crippen LogP contribution in [-0.2, 0) is 9.59 Å². The molecule has 5 nitrogen and oxygen atoms in total. The summed E-state index contributed by atoms with van der Waals surface area (Å²) >= 11 is 0. The van der Waals surface area contributed by atoms with Gasteiger partial charge in [-0.1, -0.05) is 36.4 Å². The summed E-state index contributed by atoms with van der Waals surface area (Å²) in [7, 11) is 0. The maximum atomic E-state index is 13.4. The van der Waals surface area contributed by atoms with Crippen LogP contribution in [0, 0.1) is 49.4 Å². The van der Waals surface area contributed by atoms with Crippen LogP contribution in [0.4, 0.5) is 5.69 Å². The van der Waals surface area contributed by atoms with Gasteiger partial charge in [-0.25, -0.2) is 4.90 Å². The molecule has 1 aliphatic heterocycles. The molecule has 5 aliphatic rings. The Hall–Kier alpha value is -3.21. The van der Waals surface area contributed by atoms with Crippen molar-refractivity contribution in [2.75, 3.05) is 11.5 Å². The summed E-state index contributed by atoms with van der Waals surface area (Å²) in [6.45, 7) is 3.82. The zero-order chi connectivity index (χ0) is 22.1. The molecule has 7 rings (SSSR count). The van der Waals surface area contributed by atoms with Gasteiger partial charge in [0.05, 0.1) is 17.5 Å². The molecule has 2 bridgehead atoms. The van der Waals surface area contributed by atoms with Crippen LogP contribution in [0.15, 0.2) is 54.6 Å². The number of para-hydroxylation sites is 2. The molecule has 5 heteroatoms. The minimum absolute atomic E-state index is 0.124. The smallest absolute Gasteiger partial charge is 0.238 e. The number of carbonyl (C=O) groups is 3. The molecular formula is C27H25NO4. The third kappa shape index (κ3) is 2.73. The van der Waals surface area contributed by atoms with Crippen LogP contribution in [0.3, 0.4) is 0 Å². The van der Waals surface area contributed by atoms with E-state index in [1.54, 1.807) is 30.3 Å². The highest BCUT2D eigenvalue weighted by molar-refractivity contribution is 6.23. The number of ether oxygens (including phenoxy) is 1. The predicted molar refractivity (Wildman–Crippen MR) is 119 cm³/mol. The van der Waals surface area contributed by atoms with Crippen molar-refractivity contribution in [1.82, 2.24) is 0 Å². The molecule has 1 saturated heterocycles. The van der Waals surface area contributed by atoms with Crippen LogP contribution in [0.5, 0.6) is 5.75 Å². The third-order valence-corrected chi connectivity index (χ3v) is 7.96. The lowest BCUT2D eigenvalue weighted by molar-refractivity contribution is -0.124. The minimum Gasteiger partial charge on any atom is -0.483 e. The Morgan fingerprint density at radius 1 is 0.938 bits per heavy atom. The number of aryl methyl sites for hydroxylation is 2. The van der Waals surface area contributed by atoms with E-state index < -0.39 is 0 Å². The van der Waals surface area contributed by atoms with Crippen LogP contribution in [-0.4, -0.2) is 24.2 Å². The van der Waals surface area contributed by atoms with Crippen molar-refractivity contribution in [3.05, 3.63) is 71.3 Å². The number of allylic oxidation sites excluding steroid dienone is 2. The zero-order valence-electron chi connectivity index (χ0n) is 18.2. The van der Waals surface area contributed by atoms with Crippen molar-refractivity contribution in [3.8, 4) is 5.75 Å². The largest absolute Gasteiger partial charge is 0.483 e.